The van der Waals surface area contributed by atoms with E-state index in [0.29, 0.717) is 5.56 Å². The summed E-state index contributed by atoms with van der Waals surface area (Å²) in [4.78, 5) is 24.6. The molecule has 4 nitrogen and oxygen atoms in total. The Morgan fingerprint density at radius 3 is 2.58 bits per heavy atom. The van der Waals surface area contributed by atoms with Crippen LogP contribution in [0, 0.1) is 0 Å². The second-order valence-corrected chi connectivity index (χ2v) is 6.12. The number of carbonyl (C=O) groups is 2. The Morgan fingerprint density at radius 1 is 1.12 bits per heavy atom. The van der Waals surface area contributed by atoms with Crippen molar-refractivity contribution < 1.29 is 14.3 Å². The smallest absolute Gasteiger partial charge is 0.355 e. The van der Waals surface area contributed by atoms with Crippen LogP contribution in [0.2, 0.25) is 0 Å². The maximum atomic E-state index is 12.4. The van der Waals surface area contributed by atoms with Crippen molar-refractivity contribution in [2.45, 2.75) is 0 Å². The maximum absolute atomic E-state index is 12.4. The highest BCUT2D eigenvalue weighted by molar-refractivity contribution is 9.10. The van der Waals surface area contributed by atoms with Gasteiger partial charge in [0.25, 0.3) is 5.91 Å². The Bertz CT molecular complexity index is 841. The molecule has 132 valence electrons. The Hall–Kier alpha value is -2.92. The number of ether oxygens (including phenoxy) is 1. The van der Waals surface area contributed by atoms with Crippen LogP contribution in [0.5, 0.6) is 0 Å². The van der Waals surface area contributed by atoms with E-state index in [1.54, 1.807) is 24.3 Å². The number of allylic oxidation sites excluding steroid dienone is 2. The van der Waals surface area contributed by atoms with E-state index < -0.39 is 11.9 Å². The SMILES string of the molecule is C=CCOC(=O)/C(=C/C=C/c1ccccc1)NC(=O)c1cccc(Br)c1. The summed E-state index contributed by atoms with van der Waals surface area (Å²) < 4.78 is 5.81. The lowest BCUT2D eigenvalue weighted by atomic mass is 10.2. The van der Waals surface area contributed by atoms with Crippen molar-refractivity contribution in [2.24, 2.45) is 0 Å². The van der Waals surface area contributed by atoms with Crippen molar-refractivity contribution in [3.8, 4) is 0 Å². The van der Waals surface area contributed by atoms with Gasteiger partial charge in [-0.3, -0.25) is 4.79 Å². The van der Waals surface area contributed by atoms with Gasteiger partial charge in [0, 0.05) is 10.0 Å². The molecule has 1 amide bonds. The molecule has 0 heterocycles. The van der Waals surface area contributed by atoms with E-state index in [4.69, 9.17) is 4.74 Å². The Balaban J connectivity index is 2.18. The number of nitrogens with one attached hydrogen (secondary N) is 1. The average Bonchev–Trinajstić information content (AvgIpc) is 2.66. The zero-order chi connectivity index (χ0) is 18.8. The third kappa shape index (κ3) is 6.18. The highest BCUT2D eigenvalue weighted by atomic mass is 79.9. The highest BCUT2D eigenvalue weighted by Gasteiger charge is 2.15. The molecular formula is C21H18BrNO3. The van der Waals surface area contributed by atoms with Crippen LogP contribution in [0.15, 0.2) is 89.6 Å². The van der Waals surface area contributed by atoms with E-state index in [1.807, 2.05) is 42.5 Å². The molecule has 2 aromatic carbocycles. The molecular weight excluding hydrogens is 394 g/mol. The standard InChI is InChI=1S/C21H18BrNO3/c1-2-14-26-21(25)19(13-6-10-16-8-4-3-5-9-16)23-20(24)17-11-7-12-18(22)15-17/h2-13,15H,1,14H2,(H,23,24)/b10-6+,19-13-. The molecule has 1 N–H and O–H groups in total. The van der Waals surface area contributed by atoms with E-state index >= 15 is 0 Å². The predicted octanol–water partition coefficient (Wildman–Crippen LogP) is 4.51. The molecule has 0 aliphatic carbocycles. The molecule has 0 unspecified atom stereocenters. The van der Waals surface area contributed by atoms with E-state index in [1.165, 1.54) is 12.2 Å². The third-order valence-electron chi connectivity index (χ3n) is 3.24. The van der Waals surface area contributed by atoms with E-state index in [2.05, 4.69) is 27.8 Å². The number of benzene rings is 2. The van der Waals surface area contributed by atoms with Crippen molar-refractivity contribution in [1.82, 2.24) is 5.32 Å². The first-order valence-corrected chi connectivity index (χ1v) is 8.68. The fraction of sp³-hybridized carbons (Fsp3) is 0.0476. The minimum atomic E-state index is -0.633. The number of halogens is 1. The lowest BCUT2D eigenvalue weighted by Crippen LogP contribution is -2.28. The first-order valence-electron chi connectivity index (χ1n) is 7.88. The van der Waals surface area contributed by atoms with Crippen LogP contribution in [0.3, 0.4) is 0 Å². The van der Waals surface area contributed by atoms with Crippen LogP contribution in [0.25, 0.3) is 6.08 Å². The zero-order valence-corrected chi connectivity index (χ0v) is 15.6. The fourth-order valence-corrected chi connectivity index (χ4v) is 2.42. The van der Waals surface area contributed by atoms with E-state index in [-0.39, 0.29) is 12.3 Å². The van der Waals surface area contributed by atoms with Crippen molar-refractivity contribution in [2.75, 3.05) is 6.61 Å². The summed E-state index contributed by atoms with van der Waals surface area (Å²) in [6.45, 7) is 3.57. The Labute approximate surface area is 161 Å². The van der Waals surface area contributed by atoms with Gasteiger partial charge in [0.15, 0.2) is 0 Å². The van der Waals surface area contributed by atoms with Gasteiger partial charge in [-0.2, -0.15) is 0 Å². The van der Waals surface area contributed by atoms with Gasteiger partial charge in [-0.25, -0.2) is 4.79 Å². The normalized spacial score (nSPS) is 11.2. The van der Waals surface area contributed by atoms with Crippen LogP contribution in [0.1, 0.15) is 15.9 Å². The number of hydrogen-bond acceptors (Lipinski definition) is 3. The second kappa shape index (κ2) is 10.2. The molecule has 0 radical (unpaired) electrons. The molecule has 0 fully saturated rings. The highest BCUT2D eigenvalue weighted by Crippen LogP contribution is 2.12. The maximum Gasteiger partial charge on any atom is 0.355 e. The number of carbonyl (C=O) groups excluding carboxylic acids is 2. The first kappa shape index (κ1) is 19.4. The molecule has 0 spiro atoms. The number of esters is 1. The summed E-state index contributed by atoms with van der Waals surface area (Å²) >= 11 is 3.32. The molecule has 0 bridgehead atoms. The van der Waals surface area contributed by atoms with Gasteiger partial charge in [0.05, 0.1) is 0 Å². The molecule has 0 atom stereocenters. The Morgan fingerprint density at radius 2 is 1.88 bits per heavy atom. The molecule has 0 aliphatic rings. The van der Waals surface area contributed by atoms with Gasteiger partial charge >= 0.3 is 5.97 Å². The molecule has 0 aromatic heterocycles. The van der Waals surface area contributed by atoms with Crippen LogP contribution in [-0.2, 0) is 9.53 Å². The molecule has 0 saturated heterocycles. The monoisotopic (exact) mass is 411 g/mol. The van der Waals surface area contributed by atoms with Gasteiger partial charge in [-0.1, -0.05) is 77.1 Å². The number of rotatable bonds is 7. The minimum absolute atomic E-state index is 0.0454. The lowest BCUT2D eigenvalue weighted by molar-refractivity contribution is -0.138. The van der Waals surface area contributed by atoms with Gasteiger partial charge in [-0.05, 0) is 29.8 Å². The number of hydrogen-bond donors (Lipinski definition) is 1. The van der Waals surface area contributed by atoms with Crippen molar-refractivity contribution in [3.63, 3.8) is 0 Å². The summed E-state index contributed by atoms with van der Waals surface area (Å²) in [5, 5.41) is 2.60. The molecule has 26 heavy (non-hydrogen) atoms. The van der Waals surface area contributed by atoms with Crippen molar-refractivity contribution in [1.29, 1.82) is 0 Å². The van der Waals surface area contributed by atoms with Crippen LogP contribution in [-0.4, -0.2) is 18.5 Å². The predicted molar refractivity (Wildman–Crippen MR) is 106 cm³/mol. The summed E-state index contributed by atoms with van der Waals surface area (Å²) in [6, 6.07) is 16.5. The summed E-state index contributed by atoms with van der Waals surface area (Å²) in [7, 11) is 0. The van der Waals surface area contributed by atoms with Crippen molar-refractivity contribution in [3.05, 3.63) is 101 Å². The lowest BCUT2D eigenvalue weighted by Gasteiger charge is -2.09. The summed E-state index contributed by atoms with van der Waals surface area (Å²) in [5.41, 5.74) is 1.44. The molecule has 0 aliphatic heterocycles. The first-order chi connectivity index (χ1) is 12.6. The largest absolute Gasteiger partial charge is 0.457 e. The molecule has 5 heteroatoms. The quantitative estimate of drug-likeness (QED) is 0.315. The zero-order valence-electron chi connectivity index (χ0n) is 14.0. The van der Waals surface area contributed by atoms with Gasteiger partial charge in [0.1, 0.15) is 12.3 Å². The third-order valence-corrected chi connectivity index (χ3v) is 3.73. The summed E-state index contributed by atoms with van der Waals surface area (Å²) in [5.74, 6) is -1.04. The van der Waals surface area contributed by atoms with Gasteiger partial charge in [-0.15, -0.1) is 0 Å². The average molecular weight is 412 g/mol. The second-order valence-electron chi connectivity index (χ2n) is 5.20. The van der Waals surface area contributed by atoms with Crippen LogP contribution < -0.4 is 5.32 Å². The van der Waals surface area contributed by atoms with Crippen LogP contribution in [0.4, 0.5) is 0 Å². The Kier molecular flexibility index (Phi) is 7.58. The molecule has 2 aromatic rings. The van der Waals surface area contributed by atoms with Crippen molar-refractivity contribution >= 4 is 33.9 Å². The summed E-state index contributed by atoms with van der Waals surface area (Å²) in [6.07, 6.45) is 6.48. The minimum Gasteiger partial charge on any atom is -0.457 e. The van der Waals surface area contributed by atoms with Crippen LogP contribution >= 0.6 is 15.9 Å². The topological polar surface area (TPSA) is 55.4 Å². The molecule has 2 rings (SSSR count). The number of amides is 1. The molecule has 0 saturated carbocycles. The van der Waals surface area contributed by atoms with Gasteiger partial charge in [0.2, 0.25) is 0 Å². The fourth-order valence-electron chi connectivity index (χ4n) is 2.02. The van der Waals surface area contributed by atoms with E-state index in [0.717, 1.165) is 10.0 Å². The van der Waals surface area contributed by atoms with E-state index in [9.17, 15) is 9.59 Å². The van der Waals surface area contributed by atoms with Gasteiger partial charge < -0.3 is 10.1 Å².